The van der Waals surface area contributed by atoms with Crippen LogP contribution in [-0.4, -0.2) is 32.0 Å². The number of hydrogen-bond acceptors (Lipinski definition) is 6. The number of halogens is 1. The molecule has 2 aromatic heterocycles. The first-order valence-corrected chi connectivity index (χ1v) is 9.16. The number of benzene rings is 1. The summed E-state index contributed by atoms with van der Waals surface area (Å²) in [4.78, 5) is 27.5. The van der Waals surface area contributed by atoms with E-state index >= 15 is 0 Å². The summed E-state index contributed by atoms with van der Waals surface area (Å²) in [7, 11) is 0. The summed E-state index contributed by atoms with van der Waals surface area (Å²) in [5.41, 5.74) is 2.88. The molecule has 0 unspecified atom stereocenters. The van der Waals surface area contributed by atoms with Crippen LogP contribution >= 0.6 is 11.8 Å². The van der Waals surface area contributed by atoms with Gasteiger partial charge in [-0.1, -0.05) is 11.8 Å². The predicted octanol–water partition coefficient (Wildman–Crippen LogP) is 4.39. The molecule has 8 heteroatoms. The van der Waals surface area contributed by atoms with E-state index in [1.807, 2.05) is 0 Å². The molecule has 0 fully saturated rings. The molecule has 1 aromatic carbocycles. The minimum absolute atomic E-state index is 0.0820. The zero-order valence-corrected chi connectivity index (χ0v) is 16.1. The zero-order valence-electron chi connectivity index (χ0n) is 15.3. The third-order valence-corrected chi connectivity index (χ3v) is 5.11. The number of nitrogens with zero attached hydrogens (tertiary/aromatic N) is 2. The molecular weight excluding hydrogens is 369 g/mol. The Morgan fingerprint density at radius 3 is 2.44 bits per heavy atom. The van der Waals surface area contributed by atoms with E-state index in [2.05, 4.69) is 15.2 Å². The first-order valence-electron chi connectivity index (χ1n) is 8.28. The van der Waals surface area contributed by atoms with E-state index < -0.39 is 5.25 Å². The number of nitrogens with one attached hydrogen (secondary N) is 1. The van der Waals surface area contributed by atoms with Gasteiger partial charge in [-0.15, -0.1) is 10.2 Å². The summed E-state index contributed by atoms with van der Waals surface area (Å²) >= 11 is 1.13. The highest BCUT2D eigenvalue weighted by Gasteiger charge is 2.25. The summed E-state index contributed by atoms with van der Waals surface area (Å²) in [6, 6.07) is 5.70. The Balaban J connectivity index is 1.77. The molecule has 1 N–H and O–H groups in total. The molecule has 1 atom stereocenters. The summed E-state index contributed by atoms with van der Waals surface area (Å²) in [6.45, 7) is 6.73. The molecule has 140 valence electrons. The van der Waals surface area contributed by atoms with Gasteiger partial charge in [-0.25, -0.2) is 4.39 Å². The molecule has 0 saturated heterocycles. The number of H-pyrrole nitrogens is 1. The van der Waals surface area contributed by atoms with Crippen LogP contribution in [0.5, 0.6) is 0 Å². The Morgan fingerprint density at radius 1 is 1.19 bits per heavy atom. The van der Waals surface area contributed by atoms with Crippen molar-refractivity contribution < 1.29 is 18.4 Å². The maximum absolute atomic E-state index is 13.0. The molecule has 0 aliphatic rings. The normalized spacial score (nSPS) is 12.2. The summed E-state index contributed by atoms with van der Waals surface area (Å²) in [5, 5.41) is 7.62. The van der Waals surface area contributed by atoms with Crippen LogP contribution < -0.4 is 0 Å². The molecule has 0 aliphatic heterocycles. The number of aromatic nitrogens is 3. The van der Waals surface area contributed by atoms with Crippen LogP contribution in [0.4, 0.5) is 4.39 Å². The second-order valence-corrected chi connectivity index (χ2v) is 7.48. The van der Waals surface area contributed by atoms with Crippen LogP contribution in [0.3, 0.4) is 0 Å². The fourth-order valence-corrected chi connectivity index (χ4v) is 3.64. The number of ketones is 2. The van der Waals surface area contributed by atoms with Crippen molar-refractivity contribution in [3.05, 3.63) is 52.6 Å². The smallest absolute Gasteiger partial charge is 0.277 e. The Morgan fingerprint density at radius 2 is 1.85 bits per heavy atom. The third-order valence-electron chi connectivity index (χ3n) is 4.18. The Hall–Kier alpha value is -2.74. The highest BCUT2D eigenvalue weighted by Crippen LogP contribution is 2.29. The van der Waals surface area contributed by atoms with Gasteiger partial charge < -0.3 is 9.40 Å². The van der Waals surface area contributed by atoms with Crippen molar-refractivity contribution in [3.63, 3.8) is 0 Å². The molecule has 2 heterocycles. The van der Waals surface area contributed by atoms with E-state index in [-0.39, 0.29) is 28.5 Å². The van der Waals surface area contributed by atoms with Gasteiger partial charge in [0.25, 0.3) is 5.22 Å². The van der Waals surface area contributed by atoms with Gasteiger partial charge in [-0.05, 0) is 57.5 Å². The monoisotopic (exact) mass is 387 g/mol. The quantitative estimate of drug-likeness (QED) is 0.498. The number of carbonyl (C=O) groups excluding carboxylic acids is 2. The number of carbonyl (C=O) groups is 2. The highest BCUT2D eigenvalue weighted by molar-refractivity contribution is 8.00. The second kappa shape index (κ2) is 7.48. The molecule has 0 amide bonds. The van der Waals surface area contributed by atoms with Crippen molar-refractivity contribution in [2.45, 2.75) is 38.2 Å². The topological polar surface area (TPSA) is 88.9 Å². The Bertz CT molecular complexity index is 1010. The van der Waals surface area contributed by atoms with Crippen LogP contribution in [0, 0.1) is 19.7 Å². The lowest BCUT2D eigenvalue weighted by Gasteiger charge is -2.07. The third kappa shape index (κ3) is 3.85. The van der Waals surface area contributed by atoms with Crippen molar-refractivity contribution in [1.82, 2.24) is 15.2 Å². The average Bonchev–Trinajstić information content (AvgIpc) is 3.19. The maximum atomic E-state index is 13.0. The molecule has 0 spiro atoms. The molecule has 0 aliphatic carbocycles. The SMILES string of the molecule is CC(=O)c1c(C)[nH]c(C(=O)[C@@H](C)Sc2nnc(-c3ccc(F)cc3)o2)c1C. The Kier molecular flexibility index (Phi) is 5.27. The van der Waals surface area contributed by atoms with E-state index in [0.717, 1.165) is 11.8 Å². The molecule has 6 nitrogen and oxygen atoms in total. The van der Waals surface area contributed by atoms with Gasteiger partial charge in [-0.2, -0.15) is 0 Å². The van der Waals surface area contributed by atoms with Crippen LogP contribution in [0.1, 0.15) is 46.0 Å². The first-order chi connectivity index (χ1) is 12.8. The van der Waals surface area contributed by atoms with Gasteiger partial charge in [0.2, 0.25) is 5.89 Å². The summed E-state index contributed by atoms with van der Waals surface area (Å²) < 4.78 is 18.6. The van der Waals surface area contributed by atoms with Gasteiger partial charge in [0.05, 0.1) is 10.9 Å². The number of rotatable bonds is 6. The highest BCUT2D eigenvalue weighted by atomic mass is 32.2. The van der Waals surface area contributed by atoms with E-state index in [9.17, 15) is 14.0 Å². The van der Waals surface area contributed by atoms with Crippen LogP contribution in [0.25, 0.3) is 11.5 Å². The van der Waals surface area contributed by atoms with Crippen molar-refractivity contribution in [2.75, 3.05) is 0 Å². The Labute approximate surface area is 159 Å². The molecule has 27 heavy (non-hydrogen) atoms. The zero-order chi connectivity index (χ0) is 19.7. The minimum atomic E-state index is -0.497. The van der Waals surface area contributed by atoms with Gasteiger partial charge in [-0.3, -0.25) is 9.59 Å². The van der Waals surface area contributed by atoms with Crippen LogP contribution in [0.2, 0.25) is 0 Å². The van der Waals surface area contributed by atoms with Gasteiger partial charge in [0, 0.05) is 16.8 Å². The van der Waals surface area contributed by atoms with Gasteiger partial charge in [0.1, 0.15) is 5.82 Å². The largest absolute Gasteiger partial charge is 0.411 e. The number of hydrogen-bond donors (Lipinski definition) is 1. The standard InChI is InChI=1S/C19H18FN3O3S/c1-9-15(11(3)24)10(2)21-16(9)17(25)12(4)27-19-23-22-18(26-19)13-5-7-14(20)8-6-13/h5-8,12,21H,1-4H3/t12-/m1/s1. The summed E-state index contributed by atoms with van der Waals surface area (Å²) in [6.07, 6.45) is 0. The molecule has 3 aromatic rings. The number of aryl methyl sites for hydroxylation is 1. The van der Waals surface area contributed by atoms with Crippen molar-refractivity contribution in [2.24, 2.45) is 0 Å². The van der Waals surface area contributed by atoms with Gasteiger partial charge in [0.15, 0.2) is 11.6 Å². The second-order valence-electron chi connectivity index (χ2n) is 6.19. The van der Waals surface area contributed by atoms with E-state index in [4.69, 9.17) is 4.42 Å². The number of Topliss-reactive ketones (excluding diaryl/α,β-unsaturated/α-hetero) is 2. The maximum Gasteiger partial charge on any atom is 0.277 e. The molecule has 0 radical (unpaired) electrons. The fraction of sp³-hybridized carbons (Fsp3) is 0.263. The molecule has 0 saturated carbocycles. The molecule has 0 bridgehead atoms. The summed E-state index contributed by atoms with van der Waals surface area (Å²) in [5.74, 6) is -0.340. The van der Waals surface area contributed by atoms with Crippen LogP contribution in [0.15, 0.2) is 33.9 Å². The van der Waals surface area contributed by atoms with Crippen molar-refractivity contribution in [1.29, 1.82) is 0 Å². The first kappa shape index (κ1) is 19.0. The van der Waals surface area contributed by atoms with Crippen LogP contribution in [-0.2, 0) is 0 Å². The minimum Gasteiger partial charge on any atom is -0.411 e. The van der Waals surface area contributed by atoms with E-state index in [1.54, 1.807) is 32.9 Å². The lowest BCUT2D eigenvalue weighted by Crippen LogP contribution is -2.15. The predicted molar refractivity (Wildman–Crippen MR) is 99.6 cm³/mol. The van der Waals surface area contributed by atoms with E-state index in [0.29, 0.717) is 28.1 Å². The molecular formula is C19H18FN3O3S. The van der Waals surface area contributed by atoms with Crippen molar-refractivity contribution in [3.8, 4) is 11.5 Å². The number of thioether (sulfide) groups is 1. The average molecular weight is 387 g/mol. The van der Waals surface area contributed by atoms with Crippen molar-refractivity contribution >= 4 is 23.3 Å². The molecule has 3 rings (SSSR count). The van der Waals surface area contributed by atoms with E-state index in [1.165, 1.54) is 19.1 Å². The number of aromatic amines is 1. The van der Waals surface area contributed by atoms with Gasteiger partial charge >= 0.3 is 0 Å². The lowest BCUT2D eigenvalue weighted by molar-refractivity contribution is 0.0988. The lowest BCUT2D eigenvalue weighted by atomic mass is 10.0. The fourth-order valence-electron chi connectivity index (χ4n) is 2.90.